The van der Waals surface area contributed by atoms with E-state index in [9.17, 15) is 28.1 Å². The number of nitrogens with one attached hydrogen (secondary N) is 1. The molecule has 0 atom stereocenters. The number of hydrogen-bond donors (Lipinski definition) is 1. The van der Waals surface area contributed by atoms with E-state index >= 15 is 0 Å². The van der Waals surface area contributed by atoms with Crippen LogP contribution >= 0.6 is 11.8 Å². The predicted molar refractivity (Wildman–Crippen MR) is 90.8 cm³/mol. The molecular formula is C15H13F3N4O4S. The van der Waals surface area contributed by atoms with Gasteiger partial charge in [-0.2, -0.15) is 13.2 Å². The van der Waals surface area contributed by atoms with E-state index in [2.05, 4.69) is 15.3 Å². The van der Waals surface area contributed by atoms with Crippen LogP contribution in [0, 0.1) is 17.0 Å². The second kappa shape index (κ2) is 8.20. The lowest BCUT2D eigenvalue weighted by Crippen LogP contribution is -2.16. The zero-order chi connectivity index (χ0) is 20.2. The van der Waals surface area contributed by atoms with Crippen molar-refractivity contribution in [3.8, 4) is 5.75 Å². The first kappa shape index (κ1) is 20.4. The lowest BCUT2D eigenvalue weighted by Gasteiger charge is -2.10. The first-order valence-electron chi connectivity index (χ1n) is 7.28. The smallest absolute Gasteiger partial charge is 0.433 e. The zero-order valence-corrected chi connectivity index (χ0v) is 14.8. The third-order valence-electron chi connectivity index (χ3n) is 3.13. The average Bonchev–Trinajstić information content (AvgIpc) is 2.59. The lowest BCUT2D eigenvalue weighted by molar-refractivity contribution is -0.384. The molecule has 0 unspecified atom stereocenters. The van der Waals surface area contributed by atoms with Crippen LogP contribution in [-0.4, -0.2) is 33.7 Å². The van der Waals surface area contributed by atoms with Crippen molar-refractivity contribution in [1.82, 2.24) is 9.97 Å². The third-order valence-corrected chi connectivity index (χ3v) is 3.97. The van der Waals surface area contributed by atoms with Gasteiger partial charge < -0.3 is 10.1 Å². The maximum absolute atomic E-state index is 12.8. The van der Waals surface area contributed by atoms with Gasteiger partial charge in [0.25, 0.3) is 5.69 Å². The maximum Gasteiger partial charge on any atom is 0.433 e. The molecule has 8 nitrogen and oxygen atoms in total. The molecule has 12 heteroatoms. The van der Waals surface area contributed by atoms with E-state index in [0.717, 1.165) is 23.9 Å². The standard InChI is InChI=1S/C15H13F3N4O4S/c1-8-5-12(15(16,17)18)21-14(19-8)27-7-13(23)20-10-4-3-9(22(24)25)6-11(10)26-2/h3-6H,7H2,1-2H3,(H,20,23). The number of rotatable bonds is 6. The number of thioether (sulfide) groups is 1. The van der Waals surface area contributed by atoms with Crippen molar-refractivity contribution in [1.29, 1.82) is 0 Å². The molecule has 1 N–H and O–H groups in total. The van der Waals surface area contributed by atoms with Gasteiger partial charge in [0.15, 0.2) is 5.16 Å². The molecule has 1 heterocycles. The van der Waals surface area contributed by atoms with Gasteiger partial charge in [0.2, 0.25) is 5.91 Å². The van der Waals surface area contributed by atoms with Crippen LogP contribution < -0.4 is 10.1 Å². The molecule has 0 saturated heterocycles. The zero-order valence-electron chi connectivity index (χ0n) is 14.0. The van der Waals surface area contributed by atoms with Crippen molar-refractivity contribution < 1.29 is 27.6 Å². The van der Waals surface area contributed by atoms with Crippen molar-refractivity contribution in [2.45, 2.75) is 18.3 Å². The van der Waals surface area contributed by atoms with E-state index in [0.29, 0.717) is 0 Å². The number of aromatic nitrogens is 2. The summed E-state index contributed by atoms with van der Waals surface area (Å²) in [4.78, 5) is 29.4. The molecule has 27 heavy (non-hydrogen) atoms. The molecule has 1 amide bonds. The minimum Gasteiger partial charge on any atom is -0.494 e. The lowest BCUT2D eigenvalue weighted by atomic mass is 10.2. The van der Waals surface area contributed by atoms with E-state index in [1.54, 1.807) is 0 Å². The van der Waals surface area contributed by atoms with Crippen LogP contribution in [0.3, 0.4) is 0 Å². The number of non-ortho nitro benzene ring substituents is 1. The van der Waals surface area contributed by atoms with E-state index < -0.39 is 22.7 Å². The van der Waals surface area contributed by atoms with E-state index in [1.807, 2.05) is 0 Å². The van der Waals surface area contributed by atoms with Crippen LogP contribution in [0.1, 0.15) is 11.4 Å². The van der Waals surface area contributed by atoms with Gasteiger partial charge in [0, 0.05) is 11.8 Å². The highest BCUT2D eigenvalue weighted by Gasteiger charge is 2.33. The summed E-state index contributed by atoms with van der Waals surface area (Å²) in [5.41, 5.74) is -0.992. The highest BCUT2D eigenvalue weighted by atomic mass is 32.2. The fraction of sp³-hybridized carbons (Fsp3) is 0.267. The van der Waals surface area contributed by atoms with Crippen LogP contribution in [0.5, 0.6) is 5.75 Å². The Morgan fingerprint density at radius 2 is 2.04 bits per heavy atom. The molecule has 0 aliphatic heterocycles. The number of alkyl halides is 3. The number of benzene rings is 1. The number of hydrogen-bond acceptors (Lipinski definition) is 7. The first-order chi connectivity index (χ1) is 12.6. The number of carbonyl (C=O) groups is 1. The van der Waals surface area contributed by atoms with Crippen LogP contribution in [0.4, 0.5) is 24.5 Å². The fourth-order valence-corrected chi connectivity index (χ4v) is 2.67. The largest absolute Gasteiger partial charge is 0.494 e. The first-order valence-corrected chi connectivity index (χ1v) is 8.26. The minimum absolute atomic E-state index is 0.0775. The third kappa shape index (κ3) is 5.54. The number of nitrogens with zero attached hydrogens (tertiary/aromatic N) is 3. The number of aryl methyl sites for hydroxylation is 1. The quantitative estimate of drug-likeness (QED) is 0.341. The molecule has 2 aromatic rings. The average molecular weight is 402 g/mol. The molecule has 1 aromatic carbocycles. The molecule has 0 aliphatic carbocycles. The summed E-state index contributed by atoms with van der Waals surface area (Å²) in [6.07, 6.45) is -4.61. The normalized spacial score (nSPS) is 11.1. The van der Waals surface area contributed by atoms with Gasteiger partial charge in [-0.15, -0.1) is 0 Å². The van der Waals surface area contributed by atoms with Crippen molar-refractivity contribution in [3.05, 3.63) is 45.8 Å². The Balaban J connectivity index is 2.07. The number of amides is 1. The number of nitro groups is 1. The number of anilines is 1. The van der Waals surface area contributed by atoms with E-state index in [4.69, 9.17) is 4.74 Å². The summed E-state index contributed by atoms with van der Waals surface area (Å²) < 4.78 is 43.3. The summed E-state index contributed by atoms with van der Waals surface area (Å²) in [7, 11) is 1.28. The summed E-state index contributed by atoms with van der Waals surface area (Å²) in [6, 6.07) is 4.43. The van der Waals surface area contributed by atoms with E-state index in [1.165, 1.54) is 26.2 Å². The molecule has 144 valence electrons. The molecule has 0 bridgehead atoms. The Kier molecular flexibility index (Phi) is 6.20. The molecule has 0 saturated carbocycles. The second-order valence-electron chi connectivity index (χ2n) is 5.15. The Hall–Kier alpha value is -2.89. The number of methoxy groups -OCH3 is 1. The highest BCUT2D eigenvalue weighted by molar-refractivity contribution is 7.99. The fourth-order valence-electron chi connectivity index (χ4n) is 1.96. The number of carbonyl (C=O) groups excluding carboxylic acids is 1. The Bertz CT molecular complexity index is 877. The molecule has 0 radical (unpaired) electrons. The van der Waals surface area contributed by atoms with Crippen molar-refractivity contribution >= 4 is 29.0 Å². The minimum atomic E-state index is -4.61. The molecule has 1 aromatic heterocycles. The molecule has 0 fully saturated rings. The summed E-state index contributed by atoms with van der Waals surface area (Å²) in [5.74, 6) is -0.750. The van der Waals surface area contributed by atoms with Gasteiger partial charge in [-0.25, -0.2) is 9.97 Å². The second-order valence-corrected chi connectivity index (χ2v) is 6.10. The number of ether oxygens (including phenoxy) is 1. The van der Waals surface area contributed by atoms with Gasteiger partial charge in [-0.05, 0) is 19.1 Å². The monoisotopic (exact) mass is 402 g/mol. The molecule has 0 aliphatic rings. The Morgan fingerprint density at radius 3 is 2.63 bits per heavy atom. The van der Waals surface area contributed by atoms with Gasteiger partial charge in [0.1, 0.15) is 11.4 Å². The predicted octanol–water partition coefficient (Wildman–Crippen LogP) is 3.45. The summed E-state index contributed by atoms with van der Waals surface area (Å²) in [6.45, 7) is 1.39. The van der Waals surface area contributed by atoms with Crippen molar-refractivity contribution in [2.24, 2.45) is 0 Å². The SMILES string of the molecule is COc1cc([N+](=O)[O-])ccc1NC(=O)CSc1nc(C)cc(C(F)(F)F)n1. The van der Waals surface area contributed by atoms with Gasteiger partial charge >= 0.3 is 6.18 Å². The van der Waals surface area contributed by atoms with Gasteiger partial charge in [0.05, 0.1) is 29.5 Å². The Labute approximate surface area is 155 Å². The highest BCUT2D eigenvalue weighted by Crippen LogP contribution is 2.30. The Morgan fingerprint density at radius 1 is 1.33 bits per heavy atom. The topological polar surface area (TPSA) is 107 Å². The number of halogens is 3. The van der Waals surface area contributed by atoms with Crippen LogP contribution in [0.15, 0.2) is 29.4 Å². The summed E-state index contributed by atoms with van der Waals surface area (Å²) >= 11 is 0.730. The van der Waals surface area contributed by atoms with Gasteiger partial charge in [-0.1, -0.05) is 11.8 Å². The summed E-state index contributed by atoms with van der Waals surface area (Å²) in [5, 5.41) is 13.0. The molecular weight excluding hydrogens is 389 g/mol. The maximum atomic E-state index is 12.8. The van der Waals surface area contributed by atoms with Crippen LogP contribution in [-0.2, 0) is 11.0 Å². The van der Waals surface area contributed by atoms with Crippen LogP contribution in [0.2, 0.25) is 0 Å². The number of nitro benzene ring substituents is 1. The molecule has 2 rings (SSSR count). The molecule has 0 spiro atoms. The van der Waals surface area contributed by atoms with Crippen molar-refractivity contribution in [2.75, 3.05) is 18.2 Å². The van der Waals surface area contributed by atoms with Gasteiger partial charge in [-0.3, -0.25) is 14.9 Å². The van der Waals surface area contributed by atoms with Crippen molar-refractivity contribution in [3.63, 3.8) is 0 Å². The van der Waals surface area contributed by atoms with Crippen LogP contribution in [0.25, 0.3) is 0 Å². The van der Waals surface area contributed by atoms with E-state index in [-0.39, 0.29) is 33.7 Å².